The predicted octanol–water partition coefficient (Wildman–Crippen LogP) is 5.08. The van der Waals surface area contributed by atoms with Crippen LogP contribution < -0.4 is 5.43 Å². The summed E-state index contributed by atoms with van der Waals surface area (Å²) in [5.41, 5.74) is 6.11. The molecule has 0 spiro atoms. The lowest BCUT2D eigenvalue weighted by molar-refractivity contribution is -0.121. The summed E-state index contributed by atoms with van der Waals surface area (Å²) >= 11 is 12.0. The molecule has 0 aliphatic heterocycles. The number of hydrogen-bond donors (Lipinski definition) is 1. The molecule has 4 rings (SSSR count). The minimum absolute atomic E-state index is 0.106. The number of fused-ring (bicyclic) bond motifs is 1. The highest BCUT2D eigenvalue weighted by Crippen LogP contribution is 2.20. The van der Waals surface area contributed by atoms with Crippen LogP contribution in [0.2, 0.25) is 10.0 Å². The molecular weight excluding hydrogens is 419 g/mol. The van der Waals surface area contributed by atoms with Gasteiger partial charge in [0, 0.05) is 17.0 Å². The first-order valence-corrected chi connectivity index (χ1v) is 10.1. The summed E-state index contributed by atoms with van der Waals surface area (Å²) in [5.74, 6) is 0.566. The van der Waals surface area contributed by atoms with Crippen LogP contribution in [0, 0.1) is 0 Å². The van der Waals surface area contributed by atoms with Gasteiger partial charge in [0.25, 0.3) is 5.91 Å². The number of rotatable bonds is 6. The first-order valence-electron chi connectivity index (χ1n) is 9.35. The highest BCUT2D eigenvalue weighted by molar-refractivity contribution is 6.36. The standard InChI is InChI=1S/C23H18Cl2N4O/c24-18-11-10-17(19(25)13-18)14-26-28-23(30)15-29-21-9-5-4-8-20(21)27-22(29)12-16-6-2-1-3-7-16/h1-11,13-14H,12,15H2,(H,28,30). The lowest BCUT2D eigenvalue weighted by Gasteiger charge is -2.08. The number of hydrogen-bond acceptors (Lipinski definition) is 3. The van der Waals surface area contributed by atoms with E-state index in [1.165, 1.54) is 6.21 Å². The van der Waals surface area contributed by atoms with Crippen LogP contribution in [0.1, 0.15) is 17.0 Å². The number of benzene rings is 3. The van der Waals surface area contributed by atoms with E-state index in [9.17, 15) is 4.79 Å². The molecule has 3 aromatic carbocycles. The van der Waals surface area contributed by atoms with Gasteiger partial charge in [0.15, 0.2) is 0 Å². The number of imidazole rings is 1. The molecule has 0 bridgehead atoms. The molecule has 0 aliphatic rings. The van der Waals surface area contributed by atoms with Crippen LogP contribution in [0.4, 0.5) is 0 Å². The number of aromatic nitrogens is 2. The summed E-state index contributed by atoms with van der Waals surface area (Å²) in [5, 5.41) is 5.03. The average molecular weight is 437 g/mol. The van der Waals surface area contributed by atoms with Crippen LogP contribution in [0.25, 0.3) is 11.0 Å². The zero-order chi connectivity index (χ0) is 20.9. The van der Waals surface area contributed by atoms with Crippen molar-refractivity contribution in [3.63, 3.8) is 0 Å². The maximum atomic E-state index is 12.6. The highest BCUT2D eigenvalue weighted by Gasteiger charge is 2.14. The van der Waals surface area contributed by atoms with E-state index in [1.807, 2.05) is 59.2 Å². The lowest BCUT2D eigenvalue weighted by atomic mass is 10.1. The van der Waals surface area contributed by atoms with Crippen LogP contribution in [-0.2, 0) is 17.8 Å². The minimum Gasteiger partial charge on any atom is -0.318 e. The van der Waals surface area contributed by atoms with Crippen molar-refractivity contribution in [1.29, 1.82) is 0 Å². The number of para-hydroxylation sites is 2. The molecule has 0 atom stereocenters. The Kier molecular flexibility index (Phi) is 6.12. The number of hydrazone groups is 1. The van der Waals surface area contributed by atoms with Crippen LogP contribution >= 0.6 is 23.2 Å². The third kappa shape index (κ3) is 4.70. The Morgan fingerprint density at radius 3 is 2.60 bits per heavy atom. The number of amides is 1. The van der Waals surface area contributed by atoms with Crippen molar-refractivity contribution >= 4 is 46.4 Å². The van der Waals surface area contributed by atoms with Crippen molar-refractivity contribution in [1.82, 2.24) is 15.0 Å². The molecule has 1 amide bonds. The van der Waals surface area contributed by atoms with Gasteiger partial charge in [0.05, 0.1) is 22.3 Å². The third-order valence-corrected chi connectivity index (χ3v) is 5.16. The van der Waals surface area contributed by atoms with E-state index >= 15 is 0 Å². The van der Waals surface area contributed by atoms with Crippen LogP contribution in [0.15, 0.2) is 77.9 Å². The van der Waals surface area contributed by atoms with Crippen molar-refractivity contribution in [3.8, 4) is 0 Å². The van der Waals surface area contributed by atoms with Gasteiger partial charge in [-0.2, -0.15) is 5.10 Å². The van der Waals surface area contributed by atoms with Gasteiger partial charge >= 0.3 is 0 Å². The molecule has 1 aromatic heterocycles. The third-order valence-electron chi connectivity index (χ3n) is 4.60. The second kappa shape index (κ2) is 9.11. The number of nitrogens with one attached hydrogen (secondary N) is 1. The Bertz CT molecular complexity index is 1220. The van der Waals surface area contributed by atoms with E-state index in [4.69, 9.17) is 28.2 Å². The highest BCUT2D eigenvalue weighted by atomic mass is 35.5. The van der Waals surface area contributed by atoms with Gasteiger partial charge in [0.2, 0.25) is 0 Å². The Morgan fingerprint density at radius 2 is 1.80 bits per heavy atom. The number of halogens is 2. The van der Waals surface area contributed by atoms with Crippen molar-refractivity contribution in [2.45, 2.75) is 13.0 Å². The molecular formula is C23H18Cl2N4O. The fourth-order valence-electron chi connectivity index (χ4n) is 3.17. The van der Waals surface area contributed by atoms with Crippen LogP contribution in [-0.4, -0.2) is 21.7 Å². The summed E-state index contributed by atoms with van der Waals surface area (Å²) in [4.78, 5) is 17.3. The van der Waals surface area contributed by atoms with Crippen LogP contribution in [0.3, 0.4) is 0 Å². The molecule has 0 radical (unpaired) electrons. The van der Waals surface area contributed by atoms with Gasteiger partial charge in [-0.15, -0.1) is 0 Å². The molecule has 150 valence electrons. The summed E-state index contributed by atoms with van der Waals surface area (Å²) in [6.45, 7) is 0.106. The summed E-state index contributed by atoms with van der Waals surface area (Å²) in [7, 11) is 0. The van der Waals surface area contributed by atoms with E-state index in [0.29, 0.717) is 22.0 Å². The smallest absolute Gasteiger partial charge is 0.260 e. The van der Waals surface area contributed by atoms with Gasteiger partial charge in [-0.05, 0) is 29.8 Å². The van der Waals surface area contributed by atoms with Gasteiger partial charge in [-0.3, -0.25) is 4.79 Å². The number of carbonyl (C=O) groups excluding carboxylic acids is 1. The summed E-state index contributed by atoms with van der Waals surface area (Å²) in [6, 6.07) is 22.9. The molecule has 4 aromatic rings. The molecule has 7 heteroatoms. The zero-order valence-corrected chi connectivity index (χ0v) is 17.4. The van der Waals surface area contributed by atoms with Gasteiger partial charge < -0.3 is 4.57 Å². The van der Waals surface area contributed by atoms with Gasteiger partial charge in [-0.25, -0.2) is 10.4 Å². The topological polar surface area (TPSA) is 59.3 Å². The Labute approximate surface area is 184 Å². The second-order valence-corrected chi connectivity index (χ2v) is 7.57. The normalized spacial score (nSPS) is 11.3. The van der Waals surface area contributed by atoms with Crippen LogP contribution in [0.5, 0.6) is 0 Å². The first-order chi connectivity index (χ1) is 14.6. The summed E-state index contributed by atoms with van der Waals surface area (Å²) < 4.78 is 1.92. The predicted molar refractivity (Wildman–Crippen MR) is 121 cm³/mol. The number of carbonyl (C=O) groups is 1. The molecule has 0 saturated carbocycles. The molecule has 30 heavy (non-hydrogen) atoms. The molecule has 0 aliphatic carbocycles. The van der Waals surface area contributed by atoms with E-state index in [-0.39, 0.29) is 12.5 Å². The zero-order valence-electron chi connectivity index (χ0n) is 15.9. The maximum Gasteiger partial charge on any atom is 0.260 e. The quantitative estimate of drug-likeness (QED) is 0.338. The molecule has 0 unspecified atom stereocenters. The molecule has 0 saturated heterocycles. The Balaban J connectivity index is 1.53. The monoisotopic (exact) mass is 436 g/mol. The van der Waals surface area contributed by atoms with Crippen molar-refractivity contribution in [2.24, 2.45) is 5.10 Å². The molecule has 1 heterocycles. The first kappa shape index (κ1) is 20.1. The van der Waals surface area contributed by atoms with Gasteiger partial charge in [-0.1, -0.05) is 71.7 Å². The minimum atomic E-state index is -0.256. The lowest BCUT2D eigenvalue weighted by Crippen LogP contribution is -2.24. The average Bonchev–Trinajstić information content (AvgIpc) is 3.07. The Morgan fingerprint density at radius 1 is 1.03 bits per heavy atom. The van der Waals surface area contributed by atoms with Crippen molar-refractivity contribution < 1.29 is 4.79 Å². The summed E-state index contributed by atoms with van der Waals surface area (Å²) in [6.07, 6.45) is 2.12. The van der Waals surface area contributed by atoms with E-state index in [0.717, 1.165) is 22.4 Å². The molecule has 1 N–H and O–H groups in total. The maximum absolute atomic E-state index is 12.6. The number of nitrogens with zero attached hydrogens (tertiary/aromatic N) is 3. The second-order valence-electron chi connectivity index (χ2n) is 6.72. The van der Waals surface area contributed by atoms with Gasteiger partial charge in [0.1, 0.15) is 12.4 Å². The Hall–Kier alpha value is -3.15. The van der Waals surface area contributed by atoms with E-state index in [1.54, 1.807) is 18.2 Å². The van der Waals surface area contributed by atoms with Crippen molar-refractivity contribution in [2.75, 3.05) is 0 Å². The van der Waals surface area contributed by atoms with E-state index < -0.39 is 0 Å². The van der Waals surface area contributed by atoms with Crippen molar-refractivity contribution in [3.05, 3.63) is 99.8 Å². The van der Waals surface area contributed by atoms with E-state index in [2.05, 4.69) is 10.5 Å². The largest absolute Gasteiger partial charge is 0.318 e. The molecule has 5 nitrogen and oxygen atoms in total. The molecule has 0 fully saturated rings. The fourth-order valence-corrected chi connectivity index (χ4v) is 3.63. The fraction of sp³-hybridized carbons (Fsp3) is 0.0870. The SMILES string of the molecule is O=C(Cn1c(Cc2ccccc2)nc2ccccc21)NN=Cc1ccc(Cl)cc1Cl.